The molecule has 0 saturated heterocycles. The van der Waals surface area contributed by atoms with Crippen molar-refractivity contribution in [3.8, 4) is 0 Å². The van der Waals surface area contributed by atoms with E-state index in [1.54, 1.807) is 12.4 Å². The molecule has 0 saturated carbocycles. The van der Waals surface area contributed by atoms with E-state index >= 15 is 0 Å². The van der Waals surface area contributed by atoms with Crippen molar-refractivity contribution in [3.05, 3.63) is 54.0 Å². The Hall–Kier alpha value is -1.94. The number of aliphatic hydroxyl groups is 1. The summed E-state index contributed by atoms with van der Waals surface area (Å²) in [4.78, 5) is 10.7. The van der Waals surface area contributed by atoms with Gasteiger partial charge in [-0.3, -0.25) is 4.98 Å². The number of anilines is 1. The van der Waals surface area contributed by atoms with Crippen LogP contribution in [0.4, 0.5) is 5.82 Å². The Bertz CT molecular complexity index is 514. The lowest BCUT2D eigenvalue weighted by Crippen LogP contribution is -2.31. The van der Waals surface area contributed by atoms with Crippen LogP contribution in [0.25, 0.3) is 0 Å². The van der Waals surface area contributed by atoms with Crippen LogP contribution in [0.3, 0.4) is 0 Å². The van der Waals surface area contributed by atoms with Crippen molar-refractivity contribution in [2.75, 3.05) is 4.90 Å². The van der Waals surface area contributed by atoms with Crippen LogP contribution < -0.4 is 4.90 Å². The zero-order chi connectivity index (χ0) is 13.7. The molecule has 0 atom stereocenters. The quantitative estimate of drug-likeness (QED) is 0.893. The highest BCUT2D eigenvalue weighted by Crippen LogP contribution is 2.17. The fourth-order valence-electron chi connectivity index (χ4n) is 1.92. The van der Waals surface area contributed by atoms with Gasteiger partial charge in [0.2, 0.25) is 0 Å². The van der Waals surface area contributed by atoms with Gasteiger partial charge in [0.15, 0.2) is 0 Å². The predicted molar refractivity (Wildman–Crippen MR) is 75.7 cm³/mol. The second-order valence-electron chi connectivity index (χ2n) is 4.73. The molecule has 1 N–H and O–H groups in total. The zero-order valence-electron chi connectivity index (χ0n) is 11.3. The van der Waals surface area contributed by atoms with Crippen LogP contribution in [0.2, 0.25) is 0 Å². The summed E-state index contributed by atoms with van der Waals surface area (Å²) in [5.74, 6) is 0.797. The molecule has 2 rings (SSSR count). The van der Waals surface area contributed by atoms with Gasteiger partial charge in [0, 0.05) is 12.6 Å². The van der Waals surface area contributed by atoms with E-state index in [0.717, 1.165) is 12.4 Å². The van der Waals surface area contributed by atoms with Crippen molar-refractivity contribution in [1.29, 1.82) is 0 Å². The topological polar surface area (TPSA) is 49.2 Å². The van der Waals surface area contributed by atoms with Crippen molar-refractivity contribution in [2.24, 2.45) is 0 Å². The average molecular weight is 257 g/mol. The third-order valence-corrected chi connectivity index (χ3v) is 2.95. The molecule has 19 heavy (non-hydrogen) atoms. The lowest BCUT2D eigenvalue weighted by atomic mass is 10.2. The molecule has 0 fully saturated rings. The maximum absolute atomic E-state index is 9.15. The molecule has 2 aromatic rings. The van der Waals surface area contributed by atoms with Crippen molar-refractivity contribution in [1.82, 2.24) is 9.97 Å². The standard InChI is InChI=1S/C15H19N3O/c1-12(2)18(10-13-6-4-3-5-7-13)15-9-16-8-14(11-19)17-15/h3-9,12,19H,10-11H2,1-2H3. The van der Waals surface area contributed by atoms with E-state index in [0.29, 0.717) is 11.7 Å². The van der Waals surface area contributed by atoms with E-state index in [1.807, 2.05) is 18.2 Å². The molecule has 0 spiro atoms. The predicted octanol–water partition coefficient (Wildman–Crippen LogP) is 2.38. The van der Waals surface area contributed by atoms with Crippen LogP contribution in [0.1, 0.15) is 25.1 Å². The average Bonchev–Trinajstić information content (AvgIpc) is 2.45. The Balaban J connectivity index is 2.24. The third kappa shape index (κ3) is 3.51. The van der Waals surface area contributed by atoms with E-state index in [1.165, 1.54) is 5.56 Å². The van der Waals surface area contributed by atoms with E-state index in [4.69, 9.17) is 5.11 Å². The van der Waals surface area contributed by atoms with Gasteiger partial charge in [0.05, 0.1) is 24.7 Å². The van der Waals surface area contributed by atoms with Gasteiger partial charge in [0.1, 0.15) is 5.82 Å². The lowest BCUT2D eigenvalue weighted by molar-refractivity contribution is 0.276. The number of aromatic nitrogens is 2. The van der Waals surface area contributed by atoms with E-state index in [2.05, 4.69) is 40.8 Å². The molecule has 0 aliphatic carbocycles. The SMILES string of the molecule is CC(C)N(Cc1ccccc1)c1cncc(CO)n1. The minimum absolute atomic E-state index is 0.0852. The van der Waals surface area contributed by atoms with Gasteiger partial charge in [-0.1, -0.05) is 30.3 Å². The highest BCUT2D eigenvalue weighted by atomic mass is 16.3. The fraction of sp³-hybridized carbons (Fsp3) is 0.333. The molecular weight excluding hydrogens is 238 g/mol. The number of hydrogen-bond donors (Lipinski definition) is 1. The van der Waals surface area contributed by atoms with Crippen LogP contribution >= 0.6 is 0 Å². The van der Waals surface area contributed by atoms with Gasteiger partial charge in [0.25, 0.3) is 0 Å². The van der Waals surface area contributed by atoms with Crippen LogP contribution in [-0.4, -0.2) is 21.1 Å². The second-order valence-corrected chi connectivity index (χ2v) is 4.73. The van der Waals surface area contributed by atoms with Crippen molar-refractivity contribution in [2.45, 2.75) is 33.0 Å². The van der Waals surface area contributed by atoms with Crippen molar-refractivity contribution in [3.63, 3.8) is 0 Å². The summed E-state index contributed by atoms with van der Waals surface area (Å²) in [6.45, 7) is 4.94. The van der Waals surface area contributed by atoms with Crippen LogP contribution in [0.15, 0.2) is 42.7 Å². The van der Waals surface area contributed by atoms with E-state index < -0.39 is 0 Å². The monoisotopic (exact) mass is 257 g/mol. The minimum Gasteiger partial charge on any atom is -0.390 e. The Morgan fingerprint density at radius 2 is 1.89 bits per heavy atom. The largest absolute Gasteiger partial charge is 0.390 e. The van der Waals surface area contributed by atoms with Gasteiger partial charge in [-0.15, -0.1) is 0 Å². The maximum Gasteiger partial charge on any atom is 0.148 e. The van der Waals surface area contributed by atoms with Crippen molar-refractivity contribution >= 4 is 5.82 Å². The Morgan fingerprint density at radius 1 is 1.16 bits per heavy atom. The first-order chi connectivity index (χ1) is 9.20. The summed E-state index contributed by atoms with van der Waals surface area (Å²) >= 11 is 0. The molecule has 0 aliphatic heterocycles. The van der Waals surface area contributed by atoms with E-state index in [9.17, 15) is 0 Å². The van der Waals surface area contributed by atoms with Gasteiger partial charge in [-0.2, -0.15) is 0 Å². The Labute approximate surface area is 113 Å². The number of hydrogen-bond acceptors (Lipinski definition) is 4. The summed E-state index contributed by atoms with van der Waals surface area (Å²) in [5.41, 5.74) is 1.82. The molecule has 0 unspecified atom stereocenters. The Morgan fingerprint density at radius 3 is 2.53 bits per heavy atom. The van der Waals surface area contributed by atoms with E-state index in [-0.39, 0.29) is 6.61 Å². The summed E-state index contributed by atoms with van der Waals surface area (Å²) in [7, 11) is 0. The number of aliphatic hydroxyl groups excluding tert-OH is 1. The second kappa shape index (κ2) is 6.29. The molecule has 0 aliphatic rings. The fourth-order valence-corrected chi connectivity index (χ4v) is 1.92. The molecule has 1 aromatic carbocycles. The first-order valence-electron chi connectivity index (χ1n) is 6.43. The molecule has 1 aromatic heterocycles. The van der Waals surface area contributed by atoms with Crippen molar-refractivity contribution < 1.29 is 5.11 Å². The highest BCUT2D eigenvalue weighted by molar-refractivity contribution is 5.39. The Kier molecular flexibility index (Phi) is 4.47. The minimum atomic E-state index is -0.0852. The maximum atomic E-state index is 9.15. The summed E-state index contributed by atoms with van der Waals surface area (Å²) in [6.07, 6.45) is 3.33. The highest BCUT2D eigenvalue weighted by Gasteiger charge is 2.13. The summed E-state index contributed by atoms with van der Waals surface area (Å²) in [5, 5.41) is 9.15. The number of benzene rings is 1. The molecule has 1 heterocycles. The number of rotatable bonds is 5. The first kappa shape index (κ1) is 13.5. The molecule has 0 amide bonds. The van der Waals surface area contributed by atoms with Crippen LogP contribution in [0, 0.1) is 0 Å². The molecule has 4 nitrogen and oxygen atoms in total. The molecule has 0 bridgehead atoms. The summed E-state index contributed by atoms with van der Waals surface area (Å²) in [6, 6.07) is 10.6. The lowest BCUT2D eigenvalue weighted by Gasteiger charge is -2.28. The summed E-state index contributed by atoms with van der Waals surface area (Å²) < 4.78 is 0. The third-order valence-electron chi connectivity index (χ3n) is 2.95. The smallest absolute Gasteiger partial charge is 0.148 e. The van der Waals surface area contributed by atoms with Gasteiger partial charge in [-0.25, -0.2) is 4.98 Å². The molecule has 4 heteroatoms. The number of nitrogens with zero attached hydrogens (tertiary/aromatic N) is 3. The van der Waals surface area contributed by atoms with Crippen LogP contribution in [-0.2, 0) is 13.2 Å². The molecule has 100 valence electrons. The van der Waals surface area contributed by atoms with Gasteiger partial charge in [-0.05, 0) is 19.4 Å². The molecular formula is C15H19N3O. The first-order valence-corrected chi connectivity index (χ1v) is 6.43. The van der Waals surface area contributed by atoms with Crippen LogP contribution in [0.5, 0.6) is 0 Å². The normalized spacial score (nSPS) is 10.7. The molecule has 0 radical (unpaired) electrons. The van der Waals surface area contributed by atoms with Gasteiger partial charge >= 0.3 is 0 Å². The zero-order valence-corrected chi connectivity index (χ0v) is 11.3. The van der Waals surface area contributed by atoms with Gasteiger partial charge < -0.3 is 10.0 Å².